The molecule has 40 heavy (non-hydrogen) atoms. The molecule has 204 valence electrons. The van der Waals surface area contributed by atoms with E-state index in [0.717, 1.165) is 33.7 Å². The van der Waals surface area contributed by atoms with Gasteiger partial charge in [0.25, 0.3) is 11.1 Å². The lowest BCUT2D eigenvalue weighted by atomic mass is 10.1. The summed E-state index contributed by atoms with van der Waals surface area (Å²) in [7, 11) is 1.56. The molecule has 0 radical (unpaired) electrons. The van der Waals surface area contributed by atoms with E-state index in [4.69, 9.17) is 18.9 Å². The smallest absolute Gasteiger partial charge is 0.293 e. The lowest BCUT2D eigenvalue weighted by Gasteiger charge is -2.15. The third kappa shape index (κ3) is 6.07. The van der Waals surface area contributed by atoms with Crippen molar-refractivity contribution >= 4 is 39.8 Å². The maximum atomic E-state index is 13.0. The van der Waals surface area contributed by atoms with E-state index in [2.05, 4.69) is 24.3 Å². The van der Waals surface area contributed by atoms with Crippen molar-refractivity contribution in [3.05, 3.63) is 101 Å². The van der Waals surface area contributed by atoms with Gasteiger partial charge in [0.05, 0.1) is 25.2 Å². The summed E-state index contributed by atoms with van der Waals surface area (Å²) < 4.78 is 23.0. The minimum Gasteiger partial charge on any atom is -0.493 e. The van der Waals surface area contributed by atoms with Crippen LogP contribution in [0.5, 0.6) is 23.0 Å². The van der Waals surface area contributed by atoms with Crippen LogP contribution in [0, 0.1) is 0 Å². The molecule has 0 saturated carbocycles. The lowest BCUT2D eigenvalue weighted by molar-refractivity contribution is -0.123. The zero-order chi connectivity index (χ0) is 27.9. The summed E-state index contributed by atoms with van der Waals surface area (Å²) in [5.41, 5.74) is 1.81. The van der Waals surface area contributed by atoms with Gasteiger partial charge < -0.3 is 18.9 Å². The Morgan fingerprint density at radius 3 is 2.38 bits per heavy atom. The van der Waals surface area contributed by atoms with E-state index in [9.17, 15) is 9.59 Å². The molecule has 8 heteroatoms. The number of para-hydroxylation sites is 2. The fourth-order valence-electron chi connectivity index (χ4n) is 4.40. The van der Waals surface area contributed by atoms with Crippen LogP contribution in [-0.4, -0.2) is 42.9 Å². The number of carbonyl (C=O) groups is 2. The molecule has 4 aromatic rings. The maximum absolute atomic E-state index is 13.0. The molecule has 5 rings (SSSR count). The van der Waals surface area contributed by atoms with Gasteiger partial charge in [-0.25, -0.2) is 0 Å². The van der Waals surface area contributed by atoms with Crippen LogP contribution in [0.2, 0.25) is 0 Å². The maximum Gasteiger partial charge on any atom is 0.293 e. The summed E-state index contributed by atoms with van der Waals surface area (Å²) >= 11 is 0.909. The third-order valence-electron chi connectivity index (χ3n) is 6.34. The molecule has 0 unspecified atom stereocenters. The van der Waals surface area contributed by atoms with Crippen LogP contribution in [0.4, 0.5) is 4.79 Å². The van der Waals surface area contributed by atoms with Crippen molar-refractivity contribution in [3.8, 4) is 23.0 Å². The Labute approximate surface area is 237 Å². The summed E-state index contributed by atoms with van der Waals surface area (Å²) in [4.78, 5) is 27.1. The normalized spacial score (nSPS) is 14.2. The van der Waals surface area contributed by atoms with Gasteiger partial charge in [-0.05, 0) is 70.9 Å². The first kappa shape index (κ1) is 27.1. The summed E-state index contributed by atoms with van der Waals surface area (Å²) in [6.45, 7) is 3.03. The summed E-state index contributed by atoms with van der Waals surface area (Å²) in [6, 6.07) is 27.1. The van der Waals surface area contributed by atoms with E-state index in [-0.39, 0.29) is 24.3 Å². The first-order chi connectivity index (χ1) is 19.6. The quantitative estimate of drug-likeness (QED) is 0.186. The van der Waals surface area contributed by atoms with Gasteiger partial charge in [-0.1, -0.05) is 60.7 Å². The van der Waals surface area contributed by atoms with Gasteiger partial charge in [-0.3, -0.25) is 14.5 Å². The third-order valence-corrected chi connectivity index (χ3v) is 7.25. The molecule has 0 bridgehead atoms. The molecule has 0 spiro atoms. The number of fused-ring (bicyclic) bond motifs is 1. The van der Waals surface area contributed by atoms with Gasteiger partial charge in [-0.15, -0.1) is 0 Å². The number of thioether (sulfide) groups is 1. The van der Waals surface area contributed by atoms with E-state index in [0.29, 0.717) is 41.1 Å². The van der Waals surface area contributed by atoms with Gasteiger partial charge in [0, 0.05) is 0 Å². The average molecular weight is 556 g/mol. The fourth-order valence-corrected chi connectivity index (χ4v) is 5.27. The zero-order valence-electron chi connectivity index (χ0n) is 22.3. The Bertz CT molecular complexity index is 1560. The highest BCUT2D eigenvalue weighted by atomic mass is 32.2. The van der Waals surface area contributed by atoms with E-state index < -0.39 is 0 Å². The number of methoxy groups -OCH3 is 1. The molecule has 7 nitrogen and oxygen atoms in total. The molecule has 1 heterocycles. The van der Waals surface area contributed by atoms with E-state index >= 15 is 0 Å². The minimum absolute atomic E-state index is 0.130. The minimum atomic E-state index is -0.354. The van der Waals surface area contributed by atoms with Crippen LogP contribution in [0.1, 0.15) is 18.1 Å². The Hall–Kier alpha value is -4.43. The number of ether oxygens (including phenoxy) is 4. The molecule has 0 atom stereocenters. The van der Waals surface area contributed by atoms with Crippen molar-refractivity contribution < 1.29 is 28.5 Å². The molecule has 1 fully saturated rings. The van der Waals surface area contributed by atoms with Crippen LogP contribution < -0.4 is 18.9 Å². The van der Waals surface area contributed by atoms with Gasteiger partial charge >= 0.3 is 0 Å². The summed E-state index contributed by atoms with van der Waals surface area (Å²) in [5.74, 6) is 1.97. The topological polar surface area (TPSA) is 74.3 Å². The Kier molecular flexibility index (Phi) is 8.56. The van der Waals surface area contributed by atoms with Crippen molar-refractivity contribution in [1.29, 1.82) is 0 Å². The van der Waals surface area contributed by atoms with Crippen LogP contribution in [0.3, 0.4) is 0 Å². The van der Waals surface area contributed by atoms with Crippen LogP contribution in [-0.2, 0) is 11.4 Å². The van der Waals surface area contributed by atoms with Crippen LogP contribution >= 0.6 is 11.8 Å². The number of hydrogen-bond acceptors (Lipinski definition) is 7. The van der Waals surface area contributed by atoms with E-state index in [1.54, 1.807) is 25.3 Å². The molecule has 0 aromatic heterocycles. The number of hydrogen-bond donors (Lipinski definition) is 0. The second kappa shape index (κ2) is 12.6. The standard InChI is InChI=1S/C32H29NO6S/c1-3-37-29-19-22(15-16-28(29)39-21-24-11-8-10-23-9-4-5-12-25(23)24)20-30-31(34)33(32(35)40-30)17-18-38-27-14-7-6-13-26(27)36-2/h4-16,19-20H,3,17-18,21H2,1-2H3/b30-20-. The molecule has 0 N–H and O–H groups in total. The van der Waals surface area contributed by atoms with E-state index in [1.807, 2.05) is 55.5 Å². The molecular formula is C32H29NO6S. The van der Waals surface area contributed by atoms with Gasteiger partial charge in [-0.2, -0.15) is 0 Å². The largest absolute Gasteiger partial charge is 0.493 e. The predicted octanol–water partition coefficient (Wildman–Crippen LogP) is 6.94. The number of nitrogens with zero attached hydrogens (tertiary/aromatic N) is 1. The van der Waals surface area contributed by atoms with Crippen LogP contribution in [0.15, 0.2) is 89.8 Å². The molecule has 1 aliphatic heterocycles. The highest BCUT2D eigenvalue weighted by molar-refractivity contribution is 8.18. The molecule has 1 aliphatic rings. The van der Waals surface area contributed by atoms with Crippen molar-refractivity contribution in [2.75, 3.05) is 26.9 Å². The molecule has 4 aromatic carbocycles. The first-order valence-electron chi connectivity index (χ1n) is 12.9. The SMILES string of the molecule is CCOc1cc(/C=C2\SC(=O)N(CCOc3ccccc3OC)C2=O)ccc1OCc1cccc2ccccc12. The monoisotopic (exact) mass is 555 g/mol. The molecule has 2 amide bonds. The van der Waals surface area contributed by atoms with Crippen molar-refractivity contribution in [2.45, 2.75) is 13.5 Å². The lowest BCUT2D eigenvalue weighted by Crippen LogP contribution is -2.32. The average Bonchev–Trinajstić information content (AvgIpc) is 3.24. The molecule has 0 aliphatic carbocycles. The summed E-state index contributed by atoms with van der Waals surface area (Å²) in [5, 5.41) is 1.97. The number of rotatable bonds is 11. The number of benzene rings is 4. The van der Waals surface area contributed by atoms with Gasteiger partial charge in [0.2, 0.25) is 0 Å². The highest BCUT2D eigenvalue weighted by Crippen LogP contribution is 2.35. The predicted molar refractivity (Wildman–Crippen MR) is 157 cm³/mol. The second-order valence-electron chi connectivity index (χ2n) is 8.90. The van der Waals surface area contributed by atoms with Crippen molar-refractivity contribution in [3.63, 3.8) is 0 Å². The number of amides is 2. The van der Waals surface area contributed by atoms with Gasteiger partial charge in [0.1, 0.15) is 13.2 Å². The molecular weight excluding hydrogens is 526 g/mol. The fraction of sp³-hybridized carbons (Fsp3) is 0.188. The highest BCUT2D eigenvalue weighted by Gasteiger charge is 2.35. The number of carbonyl (C=O) groups excluding carboxylic acids is 2. The Morgan fingerprint density at radius 1 is 0.800 bits per heavy atom. The summed E-state index contributed by atoms with van der Waals surface area (Å²) in [6.07, 6.45) is 1.70. The Balaban J connectivity index is 1.26. The first-order valence-corrected chi connectivity index (χ1v) is 13.8. The molecule has 1 saturated heterocycles. The van der Waals surface area contributed by atoms with E-state index in [1.165, 1.54) is 4.90 Å². The second-order valence-corrected chi connectivity index (χ2v) is 9.89. The Morgan fingerprint density at radius 2 is 1.55 bits per heavy atom. The number of imide groups is 1. The van der Waals surface area contributed by atoms with Crippen molar-refractivity contribution in [1.82, 2.24) is 4.90 Å². The van der Waals surface area contributed by atoms with Gasteiger partial charge in [0.15, 0.2) is 23.0 Å². The van der Waals surface area contributed by atoms with Crippen molar-refractivity contribution in [2.24, 2.45) is 0 Å². The zero-order valence-corrected chi connectivity index (χ0v) is 23.1. The van der Waals surface area contributed by atoms with Crippen LogP contribution in [0.25, 0.3) is 16.8 Å².